The summed E-state index contributed by atoms with van der Waals surface area (Å²) < 4.78 is 0. The Morgan fingerprint density at radius 1 is 1.50 bits per heavy atom. The van der Waals surface area contributed by atoms with Gasteiger partial charge in [0.05, 0.1) is 0 Å². The molecule has 3 heteroatoms. The van der Waals surface area contributed by atoms with E-state index in [1.165, 1.54) is 12.8 Å². The average molecular weight is 212 g/mol. The van der Waals surface area contributed by atoms with Gasteiger partial charge in [0.25, 0.3) is 0 Å². The molecular weight excluding hydrogens is 192 g/mol. The molecule has 2 atom stereocenters. The van der Waals surface area contributed by atoms with Crippen LogP contribution < -0.4 is 5.32 Å². The Kier molecular flexibility index (Phi) is 2.78. The maximum atomic E-state index is 4.65. The van der Waals surface area contributed by atoms with Crippen LogP contribution in [-0.4, -0.2) is 23.0 Å². The van der Waals surface area contributed by atoms with Crippen LogP contribution >= 0.6 is 11.8 Å². The molecule has 80 valence electrons. The van der Waals surface area contributed by atoms with Crippen molar-refractivity contribution in [3.8, 4) is 0 Å². The summed E-state index contributed by atoms with van der Waals surface area (Å²) in [4.78, 5) is 4.65. The van der Waals surface area contributed by atoms with Crippen LogP contribution in [-0.2, 0) is 0 Å². The van der Waals surface area contributed by atoms with Crippen molar-refractivity contribution < 1.29 is 0 Å². The second-order valence-electron chi connectivity index (χ2n) is 5.11. The first kappa shape index (κ1) is 10.3. The molecule has 1 saturated heterocycles. The first-order chi connectivity index (χ1) is 6.61. The fourth-order valence-electron chi connectivity index (χ4n) is 1.93. The van der Waals surface area contributed by atoms with Crippen LogP contribution in [0.1, 0.15) is 33.6 Å². The Morgan fingerprint density at radius 3 is 2.79 bits per heavy atom. The third-order valence-electron chi connectivity index (χ3n) is 3.08. The molecular formula is C11H20N2S. The van der Waals surface area contributed by atoms with E-state index < -0.39 is 0 Å². The van der Waals surface area contributed by atoms with E-state index in [0.29, 0.717) is 0 Å². The Bertz CT molecular complexity index is 248. The van der Waals surface area contributed by atoms with Gasteiger partial charge >= 0.3 is 0 Å². The van der Waals surface area contributed by atoms with E-state index in [-0.39, 0.29) is 5.54 Å². The van der Waals surface area contributed by atoms with E-state index >= 15 is 0 Å². The van der Waals surface area contributed by atoms with Gasteiger partial charge in [0, 0.05) is 17.8 Å². The molecule has 0 bridgehead atoms. The fourth-order valence-corrected chi connectivity index (χ4v) is 3.01. The second-order valence-corrected chi connectivity index (χ2v) is 6.07. The summed E-state index contributed by atoms with van der Waals surface area (Å²) >= 11 is 1.87. The zero-order valence-electron chi connectivity index (χ0n) is 9.34. The van der Waals surface area contributed by atoms with Crippen molar-refractivity contribution in [2.45, 2.75) is 39.2 Å². The Hall–Kier alpha value is -0.180. The summed E-state index contributed by atoms with van der Waals surface area (Å²) in [6.07, 6.45) is 2.74. The molecule has 14 heavy (non-hydrogen) atoms. The highest BCUT2D eigenvalue weighted by molar-refractivity contribution is 8.14. The number of nitrogens with zero attached hydrogens (tertiary/aromatic N) is 1. The van der Waals surface area contributed by atoms with Crippen molar-refractivity contribution in [1.29, 1.82) is 0 Å². The minimum Gasteiger partial charge on any atom is -0.359 e. The van der Waals surface area contributed by atoms with E-state index in [1.807, 2.05) is 11.8 Å². The van der Waals surface area contributed by atoms with Crippen LogP contribution in [0.15, 0.2) is 4.99 Å². The second kappa shape index (κ2) is 3.76. The quantitative estimate of drug-likeness (QED) is 0.777. The first-order valence-corrected chi connectivity index (χ1v) is 6.55. The van der Waals surface area contributed by atoms with Gasteiger partial charge in [-0.2, -0.15) is 0 Å². The lowest BCUT2D eigenvalue weighted by Gasteiger charge is -2.15. The maximum Gasteiger partial charge on any atom is 0.157 e. The number of rotatable bonds is 3. The van der Waals surface area contributed by atoms with Gasteiger partial charge in [0.15, 0.2) is 5.17 Å². The normalized spacial score (nSPS) is 37.2. The third-order valence-corrected chi connectivity index (χ3v) is 4.45. The zero-order chi connectivity index (χ0) is 10.2. The van der Waals surface area contributed by atoms with Gasteiger partial charge in [-0.1, -0.05) is 25.1 Å². The summed E-state index contributed by atoms with van der Waals surface area (Å²) in [5.74, 6) is 3.01. The van der Waals surface area contributed by atoms with Crippen LogP contribution in [0, 0.1) is 11.8 Å². The van der Waals surface area contributed by atoms with Gasteiger partial charge in [0.2, 0.25) is 0 Å². The molecule has 0 aromatic heterocycles. The van der Waals surface area contributed by atoms with E-state index in [9.17, 15) is 0 Å². The highest BCUT2D eigenvalue weighted by atomic mass is 32.2. The molecule has 0 radical (unpaired) electrons. The summed E-state index contributed by atoms with van der Waals surface area (Å²) in [6.45, 7) is 7.79. The lowest BCUT2D eigenvalue weighted by atomic mass is 10.1. The lowest BCUT2D eigenvalue weighted by Crippen LogP contribution is -2.36. The number of hydrogen-bond acceptors (Lipinski definition) is 2. The summed E-state index contributed by atoms with van der Waals surface area (Å²) in [7, 11) is 0. The van der Waals surface area contributed by atoms with Crippen molar-refractivity contribution in [3.05, 3.63) is 0 Å². The van der Waals surface area contributed by atoms with Crippen molar-refractivity contribution in [2.24, 2.45) is 16.8 Å². The zero-order valence-corrected chi connectivity index (χ0v) is 10.2. The predicted molar refractivity (Wildman–Crippen MR) is 63.9 cm³/mol. The highest BCUT2D eigenvalue weighted by Gasteiger charge is 2.35. The summed E-state index contributed by atoms with van der Waals surface area (Å²) in [6, 6.07) is 0. The van der Waals surface area contributed by atoms with Gasteiger partial charge in [0.1, 0.15) is 0 Å². The van der Waals surface area contributed by atoms with E-state index in [0.717, 1.165) is 29.3 Å². The lowest BCUT2D eigenvalue weighted by molar-refractivity contribution is 0.535. The van der Waals surface area contributed by atoms with E-state index in [4.69, 9.17) is 0 Å². The van der Waals surface area contributed by atoms with E-state index in [2.05, 4.69) is 31.1 Å². The maximum absolute atomic E-state index is 4.65. The van der Waals surface area contributed by atoms with Crippen LogP contribution in [0.4, 0.5) is 0 Å². The fraction of sp³-hybridized carbons (Fsp3) is 0.909. The number of nitrogens with one attached hydrogen (secondary N) is 1. The molecule has 0 aromatic carbocycles. The third kappa shape index (κ3) is 2.44. The highest BCUT2D eigenvalue weighted by Crippen LogP contribution is 2.41. The minimum absolute atomic E-state index is 0.247. The molecule has 2 rings (SSSR count). The Labute approximate surface area is 90.9 Å². The van der Waals surface area contributed by atoms with Gasteiger partial charge in [-0.05, 0) is 32.1 Å². The average Bonchev–Trinajstić information content (AvgIpc) is 2.81. The van der Waals surface area contributed by atoms with E-state index in [1.54, 1.807) is 0 Å². The number of hydrogen-bond donors (Lipinski definition) is 1. The van der Waals surface area contributed by atoms with Crippen molar-refractivity contribution in [3.63, 3.8) is 0 Å². The van der Waals surface area contributed by atoms with Crippen molar-refractivity contribution in [1.82, 2.24) is 5.32 Å². The molecule has 2 fully saturated rings. The van der Waals surface area contributed by atoms with Crippen LogP contribution in [0.25, 0.3) is 0 Å². The van der Waals surface area contributed by atoms with Crippen LogP contribution in [0.5, 0.6) is 0 Å². The molecule has 0 unspecified atom stereocenters. The molecule has 2 nitrogen and oxygen atoms in total. The molecule has 1 saturated carbocycles. The van der Waals surface area contributed by atoms with Crippen molar-refractivity contribution in [2.75, 3.05) is 12.3 Å². The molecule has 0 spiro atoms. The van der Waals surface area contributed by atoms with Crippen LogP contribution in [0.3, 0.4) is 0 Å². The number of thioether (sulfide) groups is 1. The van der Waals surface area contributed by atoms with Gasteiger partial charge in [-0.25, -0.2) is 0 Å². The first-order valence-electron chi connectivity index (χ1n) is 5.56. The summed E-state index contributed by atoms with van der Waals surface area (Å²) in [5, 5.41) is 4.62. The molecule has 2 aliphatic rings. The topological polar surface area (TPSA) is 24.4 Å². The Morgan fingerprint density at radius 2 is 2.29 bits per heavy atom. The van der Waals surface area contributed by atoms with Gasteiger partial charge < -0.3 is 5.32 Å². The predicted octanol–water partition coefficient (Wildman–Crippen LogP) is 2.50. The molecule has 1 N–H and O–H groups in total. The molecule has 0 amide bonds. The Balaban J connectivity index is 1.77. The summed E-state index contributed by atoms with van der Waals surface area (Å²) in [5.41, 5.74) is 0.247. The smallest absolute Gasteiger partial charge is 0.157 e. The number of amidine groups is 1. The minimum atomic E-state index is 0.247. The van der Waals surface area contributed by atoms with Crippen LogP contribution in [0.2, 0.25) is 0 Å². The SMILES string of the molecule is CC[C@@H]1C[C@H]1CN=C1NC(C)(C)CS1. The number of aliphatic imine (C=N–C) groups is 1. The molecule has 0 aromatic rings. The van der Waals surface area contributed by atoms with Gasteiger partial charge in [-0.15, -0.1) is 0 Å². The molecule has 1 heterocycles. The largest absolute Gasteiger partial charge is 0.359 e. The standard InChI is InChI=1S/C11H20N2S/c1-4-8-5-9(8)6-12-10-13-11(2,3)7-14-10/h8-9H,4-7H2,1-3H3,(H,12,13)/t8-,9+/m1/s1. The molecule has 1 aliphatic heterocycles. The molecule has 1 aliphatic carbocycles. The van der Waals surface area contributed by atoms with Gasteiger partial charge in [-0.3, -0.25) is 4.99 Å². The monoisotopic (exact) mass is 212 g/mol. The van der Waals surface area contributed by atoms with Crippen molar-refractivity contribution >= 4 is 16.9 Å².